The minimum atomic E-state index is 0.153. The van der Waals surface area contributed by atoms with E-state index in [0.717, 1.165) is 58.7 Å². The van der Waals surface area contributed by atoms with E-state index in [1.54, 1.807) is 11.3 Å². The average Bonchev–Trinajstić information content (AvgIpc) is 3.27. The second-order valence-corrected chi connectivity index (χ2v) is 8.90. The summed E-state index contributed by atoms with van der Waals surface area (Å²) in [6, 6.07) is 6.15. The molecule has 7 heteroatoms. The second kappa shape index (κ2) is 7.40. The topological polar surface area (TPSA) is 49.3 Å². The zero-order valence-corrected chi connectivity index (χ0v) is 17.4. The number of aromatic nitrogens is 2. The monoisotopic (exact) mass is 398 g/mol. The molecule has 5 nitrogen and oxygen atoms in total. The largest absolute Gasteiger partial charge is 0.353 e. The maximum atomic E-state index is 12.7. The molecule has 140 valence electrons. The summed E-state index contributed by atoms with van der Waals surface area (Å²) in [4.78, 5) is 28.2. The third-order valence-corrected chi connectivity index (χ3v) is 7.10. The van der Waals surface area contributed by atoms with Crippen molar-refractivity contribution in [3.63, 3.8) is 0 Å². The van der Waals surface area contributed by atoms with Crippen LogP contribution in [0.2, 0.25) is 0 Å². The summed E-state index contributed by atoms with van der Waals surface area (Å²) in [6.07, 6.45) is 1.90. The van der Waals surface area contributed by atoms with Gasteiger partial charge in [-0.25, -0.2) is 9.97 Å². The Labute approximate surface area is 167 Å². The van der Waals surface area contributed by atoms with Gasteiger partial charge in [-0.05, 0) is 49.9 Å². The molecule has 4 rings (SSSR count). The molecule has 1 aliphatic rings. The summed E-state index contributed by atoms with van der Waals surface area (Å²) in [5.41, 5.74) is 3.21. The smallest absolute Gasteiger partial charge is 0.264 e. The van der Waals surface area contributed by atoms with Gasteiger partial charge in [0.25, 0.3) is 5.91 Å². The number of nitrogens with zero attached hydrogens (tertiary/aromatic N) is 4. The third-order valence-electron chi connectivity index (χ3n) is 4.97. The minimum Gasteiger partial charge on any atom is -0.353 e. The van der Waals surface area contributed by atoms with Crippen LogP contribution in [0.4, 0.5) is 5.82 Å². The Hall–Kier alpha value is -2.25. The van der Waals surface area contributed by atoms with Gasteiger partial charge in [0.1, 0.15) is 10.8 Å². The van der Waals surface area contributed by atoms with Crippen LogP contribution in [0.1, 0.15) is 25.8 Å². The molecule has 0 atom stereocenters. The fraction of sp³-hybridized carbons (Fsp3) is 0.350. The predicted molar refractivity (Wildman–Crippen MR) is 112 cm³/mol. The SMILES string of the molecule is Cc1ccsc1C(=O)N1CCN(c2ccc(-c3nc(C)c(C)s3)cn2)CC1. The van der Waals surface area contributed by atoms with Gasteiger partial charge >= 0.3 is 0 Å². The number of anilines is 1. The molecule has 3 aromatic rings. The molecule has 0 aromatic carbocycles. The molecule has 0 N–H and O–H groups in total. The average molecular weight is 399 g/mol. The van der Waals surface area contributed by atoms with Gasteiger partial charge in [-0.1, -0.05) is 0 Å². The molecule has 1 aliphatic heterocycles. The fourth-order valence-electron chi connectivity index (χ4n) is 3.17. The van der Waals surface area contributed by atoms with E-state index in [1.165, 1.54) is 16.2 Å². The van der Waals surface area contributed by atoms with Crippen LogP contribution in [-0.2, 0) is 0 Å². The Morgan fingerprint density at radius 2 is 1.85 bits per heavy atom. The molecule has 1 fully saturated rings. The van der Waals surface area contributed by atoms with Crippen LogP contribution in [0.25, 0.3) is 10.6 Å². The van der Waals surface area contributed by atoms with E-state index in [4.69, 9.17) is 0 Å². The first-order chi connectivity index (χ1) is 13.0. The Morgan fingerprint density at radius 3 is 2.41 bits per heavy atom. The quantitative estimate of drug-likeness (QED) is 0.665. The zero-order chi connectivity index (χ0) is 19.0. The third kappa shape index (κ3) is 3.61. The van der Waals surface area contributed by atoms with Crippen LogP contribution >= 0.6 is 22.7 Å². The number of aryl methyl sites for hydroxylation is 3. The van der Waals surface area contributed by atoms with Crippen molar-refractivity contribution in [1.29, 1.82) is 0 Å². The molecule has 1 saturated heterocycles. The summed E-state index contributed by atoms with van der Waals surface area (Å²) >= 11 is 3.23. The van der Waals surface area contributed by atoms with Crippen LogP contribution in [0, 0.1) is 20.8 Å². The molecule has 0 aliphatic carbocycles. The maximum Gasteiger partial charge on any atom is 0.264 e. The summed E-state index contributed by atoms with van der Waals surface area (Å²) in [5, 5.41) is 3.00. The maximum absolute atomic E-state index is 12.7. The summed E-state index contributed by atoms with van der Waals surface area (Å²) < 4.78 is 0. The summed E-state index contributed by atoms with van der Waals surface area (Å²) in [6.45, 7) is 9.19. The normalized spacial score (nSPS) is 14.6. The molecule has 0 saturated carbocycles. The number of amides is 1. The number of thiazole rings is 1. The van der Waals surface area contributed by atoms with Crippen molar-refractivity contribution in [2.45, 2.75) is 20.8 Å². The van der Waals surface area contributed by atoms with Gasteiger partial charge in [0.05, 0.1) is 10.6 Å². The Morgan fingerprint density at radius 1 is 1.07 bits per heavy atom. The molecular formula is C20H22N4OS2. The first-order valence-electron chi connectivity index (χ1n) is 9.01. The van der Waals surface area contributed by atoms with Crippen molar-refractivity contribution in [2.24, 2.45) is 0 Å². The Balaban J connectivity index is 1.41. The van der Waals surface area contributed by atoms with Crippen molar-refractivity contribution in [2.75, 3.05) is 31.1 Å². The van der Waals surface area contributed by atoms with E-state index in [9.17, 15) is 4.79 Å². The van der Waals surface area contributed by atoms with Crippen molar-refractivity contribution in [1.82, 2.24) is 14.9 Å². The van der Waals surface area contributed by atoms with Gasteiger partial charge < -0.3 is 9.80 Å². The Bertz CT molecular complexity index is 933. The van der Waals surface area contributed by atoms with Gasteiger partial charge in [0.15, 0.2) is 0 Å². The van der Waals surface area contributed by atoms with E-state index in [1.807, 2.05) is 36.4 Å². The van der Waals surface area contributed by atoms with Gasteiger partial charge in [-0.2, -0.15) is 0 Å². The van der Waals surface area contributed by atoms with Crippen molar-refractivity contribution < 1.29 is 4.79 Å². The van der Waals surface area contributed by atoms with E-state index >= 15 is 0 Å². The number of carbonyl (C=O) groups excluding carboxylic acids is 1. The van der Waals surface area contributed by atoms with Crippen molar-refractivity contribution in [3.05, 3.63) is 50.8 Å². The Kier molecular flexibility index (Phi) is 4.97. The van der Waals surface area contributed by atoms with Crippen LogP contribution < -0.4 is 4.90 Å². The van der Waals surface area contributed by atoms with Crippen LogP contribution in [0.5, 0.6) is 0 Å². The van der Waals surface area contributed by atoms with Crippen LogP contribution in [-0.4, -0.2) is 47.0 Å². The fourth-order valence-corrected chi connectivity index (χ4v) is 4.97. The molecule has 0 spiro atoms. The molecule has 4 heterocycles. The van der Waals surface area contributed by atoms with Gasteiger partial charge in [-0.15, -0.1) is 22.7 Å². The van der Waals surface area contributed by atoms with E-state index < -0.39 is 0 Å². The molecule has 27 heavy (non-hydrogen) atoms. The molecule has 0 unspecified atom stereocenters. The van der Waals surface area contributed by atoms with Crippen LogP contribution in [0.15, 0.2) is 29.8 Å². The number of piperazine rings is 1. The van der Waals surface area contributed by atoms with Gasteiger partial charge in [0.2, 0.25) is 0 Å². The lowest BCUT2D eigenvalue weighted by molar-refractivity contribution is 0.0751. The first kappa shape index (κ1) is 18.1. The molecule has 3 aromatic heterocycles. The van der Waals surface area contributed by atoms with Crippen molar-refractivity contribution in [3.8, 4) is 10.6 Å². The zero-order valence-electron chi connectivity index (χ0n) is 15.7. The van der Waals surface area contributed by atoms with Gasteiger partial charge in [-0.3, -0.25) is 4.79 Å². The number of carbonyl (C=O) groups is 1. The van der Waals surface area contributed by atoms with Crippen LogP contribution in [0.3, 0.4) is 0 Å². The number of hydrogen-bond donors (Lipinski definition) is 0. The molecule has 0 radical (unpaired) electrons. The number of hydrogen-bond acceptors (Lipinski definition) is 6. The minimum absolute atomic E-state index is 0.153. The highest BCUT2D eigenvalue weighted by molar-refractivity contribution is 7.15. The lowest BCUT2D eigenvalue weighted by atomic mass is 10.2. The van der Waals surface area contributed by atoms with Gasteiger partial charge in [0, 0.05) is 42.8 Å². The standard InChI is InChI=1S/C20H22N4OS2/c1-13-6-11-26-18(13)20(25)24-9-7-23(8-10-24)17-5-4-16(12-21-17)19-22-14(2)15(3)27-19/h4-6,11-12H,7-10H2,1-3H3. The number of pyridine rings is 1. The lowest BCUT2D eigenvalue weighted by Crippen LogP contribution is -2.49. The van der Waals surface area contributed by atoms with E-state index in [-0.39, 0.29) is 5.91 Å². The number of rotatable bonds is 3. The summed E-state index contributed by atoms with van der Waals surface area (Å²) in [5.74, 6) is 1.11. The second-order valence-electron chi connectivity index (χ2n) is 6.78. The highest BCUT2D eigenvalue weighted by Crippen LogP contribution is 2.28. The highest BCUT2D eigenvalue weighted by atomic mass is 32.1. The van der Waals surface area contributed by atoms with E-state index in [0.29, 0.717) is 0 Å². The van der Waals surface area contributed by atoms with Crippen molar-refractivity contribution >= 4 is 34.4 Å². The number of thiophene rings is 1. The molecule has 0 bridgehead atoms. The van der Waals surface area contributed by atoms with E-state index in [2.05, 4.69) is 33.9 Å². The molecular weight excluding hydrogens is 376 g/mol. The predicted octanol–water partition coefficient (Wildman–Crippen LogP) is 4.15. The molecule has 1 amide bonds. The summed E-state index contributed by atoms with van der Waals surface area (Å²) in [7, 11) is 0. The first-order valence-corrected chi connectivity index (χ1v) is 10.7. The lowest BCUT2D eigenvalue weighted by Gasteiger charge is -2.35. The highest BCUT2D eigenvalue weighted by Gasteiger charge is 2.24.